The highest BCUT2D eigenvalue weighted by Crippen LogP contribution is 2.39. The molecule has 0 aliphatic carbocycles. The van der Waals surface area contributed by atoms with Crippen molar-refractivity contribution >= 4 is 23.2 Å². The molecule has 1 amide bonds. The zero-order chi connectivity index (χ0) is 28.9. The van der Waals surface area contributed by atoms with Gasteiger partial charge in [0.05, 0.1) is 11.3 Å². The monoisotopic (exact) mass is 595 g/mol. The molecule has 216 valence electrons. The maximum absolute atomic E-state index is 13.1. The lowest BCUT2D eigenvalue weighted by atomic mass is 9.98. The van der Waals surface area contributed by atoms with Gasteiger partial charge in [-0.2, -0.15) is 28.2 Å². The van der Waals surface area contributed by atoms with Crippen molar-refractivity contribution in [2.45, 2.75) is 26.6 Å². The van der Waals surface area contributed by atoms with Gasteiger partial charge in [0.1, 0.15) is 17.3 Å². The number of benzene rings is 1. The highest BCUT2D eigenvalue weighted by molar-refractivity contribution is 6.03. The lowest BCUT2D eigenvalue weighted by molar-refractivity contribution is -0.137. The first-order chi connectivity index (χ1) is 19.6. The number of alkyl halides is 3. The number of nitrogens with zero attached hydrogens (tertiary/aromatic N) is 7. The molecule has 3 aromatic rings. The molecule has 2 N–H and O–H groups in total. The predicted molar refractivity (Wildman–Crippen MR) is 147 cm³/mol. The summed E-state index contributed by atoms with van der Waals surface area (Å²) in [7, 11) is 1.81. The Balaban J connectivity index is 0.00000212. The minimum atomic E-state index is -4.58. The minimum Gasteiger partial charge on any atom is -1.00 e. The van der Waals surface area contributed by atoms with Crippen LogP contribution in [-0.2, 0) is 19.8 Å². The SMILES string of the molecule is Cc1cc(N=c2ncc3cc(-c4cc(NC(=O)c5cc(C(F)(F)F)ccn5)ccc4C)c4n(c-3n2)CCN4)n(C)n1.[Cl-].[H+]. The predicted octanol–water partition coefficient (Wildman–Crippen LogP) is 1.84. The first-order valence-corrected chi connectivity index (χ1v) is 12.7. The second-order valence-electron chi connectivity index (χ2n) is 9.72. The van der Waals surface area contributed by atoms with Gasteiger partial charge in [-0.25, -0.2) is 4.98 Å². The van der Waals surface area contributed by atoms with Gasteiger partial charge in [-0.15, -0.1) is 0 Å². The Morgan fingerprint density at radius 1 is 1.10 bits per heavy atom. The third kappa shape index (κ3) is 5.42. The molecule has 0 saturated heterocycles. The van der Waals surface area contributed by atoms with Crippen molar-refractivity contribution in [3.05, 3.63) is 83.0 Å². The zero-order valence-corrected chi connectivity index (χ0v) is 23.4. The molecule has 0 unspecified atom stereocenters. The van der Waals surface area contributed by atoms with Crippen molar-refractivity contribution in [1.82, 2.24) is 29.3 Å². The van der Waals surface area contributed by atoms with Crippen LogP contribution in [0.15, 0.2) is 59.9 Å². The minimum absolute atomic E-state index is 0. The van der Waals surface area contributed by atoms with Crippen molar-refractivity contribution in [2.24, 2.45) is 12.0 Å². The summed E-state index contributed by atoms with van der Waals surface area (Å²) in [6.07, 6.45) is -1.88. The summed E-state index contributed by atoms with van der Waals surface area (Å²) in [6.45, 7) is 5.21. The number of carbonyl (C=O) groups excluding carboxylic acids is 1. The molecule has 3 aliphatic heterocycles. The molecule has 10 nitrogen and oxygen atoms in total. The number of aryl methyl sites for hydroxylation is 3. The van der Waals surface area contributed by atoms with Crippen LogP contribution in [-0.4, -0.2) is 41.8 Å². The lowest BCUT2D eigenvalue weighted by Gasteiger charge is -2.19. The van der Waals surface area contributed by atoms with Gasteiger partial charge in [0.2, 0.25) is 0 Å². The van der Waals surface area contributed by atoms with Gasteiger partial charge in [0.25, 0.3) is 11.5 Å². The van der Waals surface area contributed by atoms with Crippen LogP contribution in [0.25, 0.3) is 22.5 Å². The van der Waals surface area contributed by atoms with Crippen LogP contribution in [0.3, 0.4) is 0 Å². The van der Waals surface area contributed by atoms with Gasteiger partial charge in [-0.3, -0.25) is 14.5 Å². The molecule has 1 aromatic carbocycles. The molecule has 2 aromatic heterocycles. The third-order valence-electron chi connectivity index (χ3n) is 6.79. The fraction of sp³-hybridized carbons (Fsp3) is 0.214. The molecule has 0 radical (unpaired) electrons. The van der Waals surface area contributed by atoms with Gasteiger partial charge < -0.3 is 27.6 Å². The summed E-state index contributed by atoms with van der Waals surface area (Å²) in [6, 6.07) is 10.7. The van der Waals surface area contributed by atoms with E-state index in [1.165, 1.54) is 0 Å². The number of hydrogen-bond donors (Lipinski definition) is 2. The Kier molecular flexibility index (Phi) is 7.45. The highest BCUT2D eigenvalue weighted by Gasteiger charge is 2.31. The first-order valence-electron chi connectivity index (χ1n) is 12.7. The fourth-order valence-corrected chi connectivity index (χ4v) is 4.84. The molecule has 0 atom stereocenters. The number of nitrogens with one attached hydrogen (secondary N) is 2. The van der Waals surface area contributed by atoms with Crippen LogP contribution < -0.4 is 28.7 Å². The van der Waals surface area contributed by atoms with E-state index in [9.17, 15) is 18.0 Å². The van der Waals surface area contributed by atoms with E-state index in [0.717, 1.165) is 57.9 Å². The van der Waals surface area contributed by atoms with Crippen LogP contribution >= 0.6 is 0 Å². The summed E-state index contributed by atoms with van der Waals surface area (Å²) >= 11 is 0. The van der Waals surface area contributed by atoms with E-state index in [1.54, 1.807) is 23.0 Å². The topological polar surface area (TPSA) is 115 Å². The number of halogens is 4. The first kappa shape index (κ1) is 28.7. The lowest BCUT2D eigenvalue weighted by Crippen LogP contribution is -3.00. The molecule has 0 saturated carbocycles. The third-order valence-corrected chi connectivity index (χ3v) is 6.79. The average molecular weight is 596 g/mol. The van der Waals surface area contributed by atoms with E-state index in [-0.39, 0.29) is 19.5 Å². The maximum Gasteiger partial charge on any atom is 1.00 e. The van der Waals surface area contributed by atoms with Gasteiger partial charge in [-0.1, -0.05) is 6.07 Å². The Hall–Kier alpha value is -4.78. The number of rotatable bonds is 4. The van der Waals surface area contributed by atoms with Gasteiger partial charge in [-0.05, 0) is 55.3 Å². The smallest absolute Gasteiger partial charge is 1.00 e. The average Bonchev–Trinajstić information content (AvgIpc) is 3.55. The van der Waals surface area contributed by atoms with Crippen LogP contribution in [0.5, 0.6) is 0 Å². The largest absolute Gasteiger partial charge is 1.00 e. The molecular weight excluding hydrogens is 571 g/mol. The molecule has 0 fully saturated rings. The number of carbonyl (C=O) groups is 1. The molecule has 6 rings (SSSR count). The van der Waals surface area contributed by atoms with E-state index in [0.29, 0.717) is 30.2 Å². The van der Waals surface area contributed by atoms with Crippen molar-refractivity contribution in [3.8, 4) is 22.5 Å². The van der Waals surface area contributed by atoms with Crippen molar-refractivity contribution in [3.63, 3.8) is 0 Å². The highest BCUT2D eigenvalue weighted by atomic mass is 35.5. The zero-order valence-electron chi connectivity index (χ0n) is 23.7. The number of fused-ring (bicyclic) bond motifs is 3. The van der Waals surface area contributed by atoms with Crippen LogP contribution in [0.4, 0.5) is 30.5 Å². The van der Waals surface area contributed by atoms with Crippen molar-refractivity contribution in [1.29, 1.82) is 0 Å². The van der Waals surface area contributed by atoms with E-state index < -0.39 is 17.6 Å². The quantitative estimate of drug-likeness (QED) is 0.328. The van der Waals surface area contributed by atoms with Gasteiger partial charge in [0.15, 0.2) is 5.82 Å². The van der Waals surface area contributed by atoms with Crippen LogP contribution in [0.1, 0.15) is 28.7 Å². The molecule has 0 bridgehead atoms. The Labute approximate surface area is 245 Å². The number of pyridine rings is 2. The Morgan fingerprint density at radius 3 is 2.64 bits per heavy atom. The van der Waals surface area contributed by atoms with E-state index >= 15 is 0 Å². The molecule has 3 aliphatic rings. The number of hydrogen-bond acceptors (Lipinski definition) is 7. The van der Waals surface area contributed by atoms with Gasteiger partial charge in [0, 0.05) is 55.4 Å². The van der Waals surface area contributed by atoms with Gasteiger partial charge >= 0.3 is 7.60 Å². The summed E-state index contributed by atoms with van der Waals surface area (Å²) in [5.74, 6) is 1.48. The summed E-state index contributed by atoms with van der Waals surface area (Å²) in [5.41, 5.74) is 3.76. The van der Waals surface area contributed by atoms with E-state index in [1.807, 2.05) is 39.1 Å². The number of anilines is 2. The van der Waals surface area contributed by atoms with E-state index in [4.69, 9.17) is 4.98 Å². The fourth-order valence-electron chi connectivity index (χ4n) is 4.84. The number of amides is 1. The molecular formula is C28H25ClF3N9O. The number of aromatic nitrogens is 6. The standard InChI is InChI=1S/C28H24F3N9O.ClH/c1-15-4-5-19(35-26(41)22-12-18(6-7-32-22)28(29,30)31)13-20(15)21-11-17-14-34-27(36-23-10-16(2)38-39(23)3)37-24(17)40-9-8-33-25(21)40;/h4-7,10-14,33H,8-9H2,1-3H3,(H,35,41);1H. The van der Waals surface area contributed by atoms with Crippen LogP contribution in [0, 0.1) is 13.8 Å². The molecule has 14 heteroatoms. The van der Waals surface area contributed by atoms with Crippen molar-refractivity contribution in [2.75, 3.05) is 17.2 Å². The maximum atomic E-state index is 13.1. The molecule has 5 heterocycles. The normalized spacial score (nSPS) is 13.0. The Morgan fingerprint density at radius 2 is 1.90 bits per heavy atom. The Bertz CT molecular complexity index is 1870. The molecule has 0 spiro atoms. The summed E-state index contributed by atoms with van der Waals surface area (Å²) in [4.78, 5) is 30.3. The summed E-state index contributed by atoms with van der Waals surface area (Å²) in [5, 5.41) is 10.4. The van der Waals surface area contributed by atoms with Crippen LogP contribution in [0.2, 0.25) is 0 Å². The second kappa shape index (κ2) is 10.9. The van der Waals surface area contributed by atoms with Crippen molar-refractivity contribution < 1.29 is 31.8 Å². The van der Waals surface area contributed by atoms with E-state index in [2.05, 4.69) is 35.3 Å². The second-order valence-corrected chi connectivity index (χ2v) is 9.72. The molecule has 42 heavy (non-hydrogen) atoms. The summed E-state index contributed by atoms with van der Waals surface area (Å²) < 4.78 is 43.1.